The highest BCUT2D eigenvalue weighted by Crippen LogP contribution is 1.99. The molecule has 2 aromatic rings. The Morgan fingerprint density at radius 2 is 1.00 bits per heavy atom. The van der Waals surface area contributed by atoms with Crippen molar-refractivity contribution in [1.82, 2.24) is 0 Å². The Morgan fingerprint density at radius 3 is 1.35 bits per heavy atom. The minimum absolute atomic E-state index is 0.899. The Kier molecular flexibility index (Phi) is 5.24. The summed E-state index contributed by atoms with van der Waals surface area (Å²) in [6, 6.07) is 17.0. The predicted octanol–water partition coefficient (Wildman–Crippen LogP) is 0.00264. The van der Waals surface area contributed by atoms with Crippen LogP contribution in [0.3, 0.4) is 0 Å². The summed E-state index contributed by atoms with van der Waals surface area (Å²) in [5.41, 5.74) is 4.99. The molecule has 0 bridgehead atoms. The summed E-state index contributed by atoms with van der Waals surface area (Å²) in [7, 11) is 0. The van der Waals surface area contributed by atoms with Crippen molar-refractivity contribution < 1.29 is 9.98 Å². The standard InChI is InChI=1S/C18H20N2/c1-15-3-7-17(8-4-15)13-19-11-12-20-14-18-9-5-16(2)6-10-18/h3-10,13-14H,11-12H2,1-2H3/p+2. The van der Waals surface area contributed by atoms with Crippen LogP contribution in [-0.2, 0) is 0 Å². The SMILES string of the molecule is Cc1ccc(C=[NH+]CC[NH+]=Cc2ccc(C)cc2)cc1. The van der Waals surface area contributed by atoms with Gasteiger partial charge in [-0.05, 0) is 38.1 Å². The maximum atomic E-state index is 3.31. The van der Waals surface area contributed by atoms with E-state index in [0.717, 1.165) is 13.1 Å². The Balaban J connectivity index is 1.76. The first-order valence-corrected chi connectivity index (χ1v) is 7.00. The lowest BCUT2D eigenvalue weighted by Crippen LogP contribution is -2.81. The molecule has 0 saturated carbocycles. The lowest BCUT2D eigenvalue weighted by Gasteiger charge is -1.91. The summed E-state index contributed by atoms with van der Waals surface area (Å²) in [5, 5.41) is 0. The first-order chi connectivity index (χ1) is 9.74. The molecule has 0 fully saturated rings. The van der Waals surface area contributed by atoms with E-state index in [4.69, 9.17) is 0 Å². The van der Waals surface area contributed by atoms with Gasteiger partial charge in [0.05, 0.1) is 0 Å². The highest BCUT2D eigenvalue weighted by Gasteiger charge is 1.94. The van der Waals surface area contributed by atoms with Gasteiger partial charge in [-0.1, -0.05) is 35.4 Å². The van der Waals surface area contributed by atoms with Crippen molar-refractivity contribution >= 4 is 12.4 Å². The molecule has 0 aromatic heterocycles. The number of rotatable bonds is 5. The van der Waals surface area contributed by atoms with E-state index in [-0.39, 0.29) is 0 Å². The Bertz CT molecular complexity index is 522. The third-order valence-corrected chi connectivity index (χ3v) is 3.11. The molecule has 0 amide bonds. The summed E-state index contributed by atoms with van der Waals surface area (Å²) in [6.45, 7) is 6.00. The molecule has 0 aliphatic carbocycles. The molecule has 20 heavy (non-hydrogen) atoms. The monoisotopic (exact) mass is 266 g/mol. The maximum absolute atomic E-state index is 3.31. The van der Waals surface area contributed by atoms with E-state index in [1.807, 2.05) is 12.4 Å². The van der Waals surface area contributed by atoms with Gasteiger partial charge in [-0.2, -0.15) is 0 Å². The van der Waals surface area contributed by atoms with E-state index in [1.165, 1.54) is 22.3 Å². The van der Waals surface area contributed by atoms with Gasteiger partial charge in [0, 0.05) is 11.1 Å². The zero-order valence-electron chi connectivity index (χ0n) is 12.2. The average molecular weight is 266 g/mol. The topological polar surface area (TPSA) is 27.9 Å². The van der Waals surface area contributed by atoms with Crippen molar-refractivity contribution in [2.24, 2.45) is 0 Å². The molecule has 0 unspecified atom stereocenters. The summed E-state index contributed by atoms with van der Waals surface area (Å²) >= 11 is 0. The van der Waals surface area contributed by atoms with Crippen LogP contribution in [-0.4, -0.2) is 25.5 Å². The number of aryl methyl sites for hydroxylation is 2. The lowest BCUT2D eigenvalue weighted by atomic mass is 10.2. The Hall–Kier alpha value is -2.22. The molecule has 0 radical (unpaired) electrons. The molecule has 2 N–H and O–H groups in total. The van der Waals surface area contributed by atoms with Crippen molar-refractivity contribution in [2.45, 2.75) is 13.8 Å². The molecule has 2 aromatic carbocycles. The van der Waals surface area contributed by atoms with E-state index < -0.39 is 0 Å². The van der Waals surface area contributed by atoms with E-state index in [1.54, 1.807) is 0 Å². The maximum Gasteiger partial charge on any atom is 0.198 e. The molecular weight excluding hydrogens is 244 g/mol. The summed E-state index contributed by atoms with van der Waals surface area (Å²) in [4.78, 5) is 6.62. The molecule has 2 heteroatoms. The van der Waals surface area contributed by atoms with Gasteiger partial charge in [-0.15, -0.1) is 0 Å². The second-order valence-electron chi connectivity index (χ2n) is 5.02. The van der Waals surface area contributed by atoms with Crippen LogP contribution in [0.5, 0.6) is 0 Å². The van der Waals surface area contributed by atoms with Crippen LogP contribution >= 0.6 is 0 Å². The molecule has 2 rings (SSSR count). The van der Waals surface area contributed by atoms with Crippen LogP contribution in [0.4, 0.5) is 0 Å². The van der Waals surface area contributed by atoms with Gasteiger partial charge in [-0.25, -0.2) is 9.98 Å². The van der Waals surface area contributed by atoms with Crippen molar-refractivity contribution in [3.63, 3.8) is 0 Å². The quantitative estimate of drug-likeness (QED) is 0.563. The van der Waals surface area contributed by atoms with E-state index in [9.17, 15) is 0 Å². The Morgan fingerprint density at radius 1 is 0.650 bits per heavy atom. The summed E-state index contributed by atoms with van der Waals surface area (Å²) in [6.07, 6.45) is 4.10. The number of hydrogen-bond donors (Lipinski definition) is 2. The lowest BCUT2D eigenvalue weighted by molar-refractivity contribution is -0.532. The Labute approximate surface area is 120 Å². The molecule has 2 nitrogen and oxygen atoms in total. The molecule has 0 aliphatic rings. The van der Waals surface area contributed by atoms with Crippen molar-refractivity contribution in [3.8, 4) is 0 Å². The molecule has 0 atom stereocenters. The minimum Gasteiger partial charge on any atom is -0.241 e. The third kappa shape index (κ3) is 4.81. The van der Waals surface area contributed by atoms with Gasteiger partial charge in [0.15, 0.2) is 25.5 Å². The second kappa shape index (κ2) is 7.39. The van der Waals surface area contributed by atoms with Crippen molar-refractivity contribution in [3.05, 3.63) is 70.8 Å². The second-order valence-corrected chi connectivity index (χ2v) is 5.02. The summed E-state index contributed by atoms with van der Waals surface area (Å²) in [5.74, 6) is 0. The fraction of sp³-hybridized carbons (Fsp3) is 0.222. The van der Waals surface area contributed by atoms with E-state index in [0.29, 0.717) is 0 Å². The number of hydrogen-bond acceptors (Lipinski definition) is 0. The highest BCUT2D eigenvalue weighted by atomic mass is 14.8. The minimum atomic E-state index is 0.899. The van der Waals surface area contributed by atoms with Gasteiger partial charge in [0.25, 0.3) is 0 Å². The average Bonchev–Trinajstić information content (AvgIpc) is 2.46. The molecule has 0 spiro atoms. The van der Waals surface area contributed by atoms with Crippen LogP contribution in [0.15, 0.2) is 48.5 Å². The molecule has 0 aliphatic heterocycles. The zero-order chi connectivity index (χ0) is 14.2. The van der Waals surface area contributed by atoms with Crippen LogP contribution in [0.25, 0.3) is 0 Å². The van der Waals surface area contributed by atoms with Crippen molar-refractivity contribution in [1.29, 1.82) is 0 Å². The van der Waals surface area contributed by atoms with Gasteiger partial charge in [0.2, 0.25) is 0 Å². The molecule has 102 valence electrons. The van der Waals surface area contributed by atoms with Gasteiger partial charge in [0.1, 0.15) is 0 Å². The summed E-state index contributed by atoms with van der Waals surface area (Å²) < 4.78 is 0. The number of benzene rings is 2. The van der Waals surface area contributed by atoms with Crippen LogP contribution in [0.2, 0.25) is 0 Å². The fourth-order valence-electron chi connectivity index (χ4n) is 1.85. The largest absolute Gasteiger partial charge is 0.241 e. The first-order valence-electron chi connectivity index (χ1n) is 7.00. The zero-order valence-corrected chi connectivity index (χ0v) is 12.2. The smallest absolute Gasteiger partial charge is 0.198 e. The predicted molar refractivity (Wildman–Crippen MR) is 84.3 cm³/mol. The van der Waals surface area contributed by atoms with Crippen molar-refractivity contribution in [2.75, 3.05) is 13.1 Å². The third-order valence-electron chi connectivity index (χ3n) is 3.11. The van der Waals surface area contributed by atoms with E-state index in [2.05, 4.69) is 72.4 Å². The van der Waals surface area contributed by atoms with Gasteiger partial charge >= 0.3 is 0 Å². The molecule has 0 heterocycles. The highest BCUT2D eigenvalue weighted by molar-refractivity contribution is 5.75. The number of nitrogens with one attached hydrogen (secondary N) is 2. The van der Waals surface area contributed by atoms with E-state index >= 15 is 0 Å². The van der Waals surface area contributed by atoms with Crippen LogP contribution < -0.4 is 9.98 Å². The van der Waals surface area contributed by atoms with Gasteiger partial charge < -0.3 is 0 Å². The van der Waals surface area contributed by atoms with Crippen LogP contribution in [0.1, 0.15) is 22.3 Å². The molecule has 0 saturated heterocycles. The van der Waals surface area contributed by atoms with Crippen LogP contribution in [0, 0.1) is 13.8 Å². The normalized spacial score (nSPS) is 11.5. The van der Waals surface area contributed by atoms with Gasteiger partial charge in [-0.3, -0.25) is 0 Å². The molecular formula is C18H22N2+2. The first kappa shape index (κ1) is 14.2. The fourth-order valence-corrected chi connectivity index (χ4v) is 1.85.